The number of likely N-dealkylation sites (tertiary alicyclic amines) is 1. The fourth-order valence-corrected chi connectivity index (χ4v) is 6.26. The van der Waals surface area contributed by atoms with Crippen LogP contribution in [0.4, 0.5) is 5.13 Å². The van der Waals surface area contributed by atoms with E-state index in [9.17, 15) is 19.5 Å². The lowest BCUT2D eigenvalue weighted by molar-refractivity contribution is -0.891. The summed E-state index contributed by atoms with van der Waals surface area (Å²) in [5.41, 5.74) is 6.12. The second-order valence-electron chi connectivity index (χ2n) is 8.57. The first-order chi connectivity index (χ1) is 16.2. The molecule has 1 aromatic rings. The molecule has 0 saturated carbocycles. The number of likely N-dealkylation sites (N-methyl/N-ethyl adjacent to an activating group) is 1. The van der Waals surface area contributed by atoms with E-state index in [0.29, 0.717) is 11.3 Å². The molecule has 4 rings (SSSR count). The third-order valence-electron chi connectivity index (χ3n) is 6.15. The van der Waals surface area contributed by atoms with Gasteiger partial charge in [0.15, 0.2) is 10.8 Å². The number of nitrogen functional groups attached to an aromatic ring is 1. The van der Waals surface area contributed by atoms with Crippen LogP contribution in [0.1, 0.15) is 18.5 Å². The number of carbonyl (C=O) groups is 3. The summed E-state index contributed by atoms with van der Waals surface area (Å²) in [6, 6.07) is -0.913. The molecule has 2 fully saturated rings. The highest BCUT2D eigenvalue weighted by Crippen LogP contribution is 2.40. The Morgan fingerprint density at radius 1 is 1.44 bits per heavy atom. The third-order valence-corrected chi connectivity index (χ3v) is 8.13. The summed E-state index contributed by atoms with van der Waals surface area (Å²) in [7, 11) is 3.47. The molecule has 182 valence electrons. The number of nitrogens with one attached hydrogen (secondary N) is 1. The molecule has 34 heavy (non-hydrogen) atoms. The number of aliphatic carboxylic acids is 1. The van der Waals surface area contributed by atoms with Crippen molar-refractivity contribution >= 4 is 51.7 Å². The summed E-state index contributed by atoms with van der Waals surface area (Å²) in [6.45, 7) is 3.00. The highest BCUT2D eigenvalue weighted by atomic mass is 32.2. The Hall–Kier alpha value is -2.90. The number of oxime groups is 1. The number of rotatable bonds is 8. The quantitative estimate of drug-likeness (QED) is 0.203. The van der Waals surface area contributed by atoms with Gasteiger partial charge in [-0.15, -0.1) is 23.1 Å². The largest absolute Gasteiger partial charge is 0.543 e. The monoisotopic (exact) mass is 506 g/mol. The number of carboxylic acids is 1. The predicted molar refractivity (Wildman–Crippen MR) is 126 cm³/mol. The summed E-state index contributed by atoms with van der Waals surface area (Å²) in [4.78, 5) is 47.6. The van der Waals surface area contributed by atoms with Crippen molar-refractivity contribution in [2.24, 2.45) is 5.16 Å². The zero-order valence-electron chi connectivity index (χ0n) is 18.9. The molecule has 0 bridgehead atoms. The second-order valence-corrected chi connectivity index (χ2v) is 10.6. The lowest BCUT2D eigenvalue weighted by atomic mass is 10.0. The number of nitrogens with zero attached hydrogens (tertiary/aromatic N) is 4. The molecule has 3 aliphatic rings. The number of thiazole rings is 1. The zero-order valence-corrected chi connectivity index (χ0v) is 20.5. The predicted octanol–water partition coefficient (Wildman–Crippen LogP) is -0.724. The van der Waals surface area contributed by atoms with E-state index in [1.807, 2.05) is 6.08 Å². The van der Waals surface area contributed by atoms with Gasteiger partial charge in [0.2, 0.25) is 0 Å². The van der Waals surface area contributed by atoms with Crippen LogP contribution in [0.2, 0.25) is 0 Å². The third kappa shape index (κ3) is 4.68. The molecule has 0 aliphatic carbocycles. The molecule has 4 heterocycles. The number of hydrogen-bond donors (Lipinski definition) is 2. The average Bonchev–Trinajstić information content (AvgIpc) is 3.43. The van der Waals surface area contributed by atoms with Gasteiger partial charge in [-0.1, -0.05) is 11.2 Å². The Kier molecular flexibility index (Phi) is 6.96. The van der Waals surface area contributed by atoms with Gasteiger partial charge in [0, 0.05) is 24.0 Å². The highest BCUT2D eigenvalue weighted by Gasteiger charge is 2.53. The van der Waals surface area contributed by atoms with Crippen molar-refractivity contribution in [2.75, 3.05) is 45.3 Å². The van der Waals surface area contributed by atoms with Crippen LogP contribution in [0.5, 0.6) is 0 Å². The van der Waals surface area contributed by atoms with Crippen LogP contribution in [0, 0.1) is 0 Å². The van der Waals surface area contributed by atoms with Crippen molar-refractivity contribution < 1.29 is 28.8 Å². The number of fused-ring (bicyclic) bond motifs is 1. The summed E-state index contributed by atoms with van der Waals surface area (Å²) in [6.07, 6.45) is 6.14. The maximum atomic E-state index is 12.9. The van der Waals surface area contributed by atoms with E-state index in [1.54, 1.807) is 11.5 Å². The minimum atomic E-state index is -1.41. The molecule has 13 heteroatoms. The average molecular weight is 507 g/mol. The van der Waals surface area contributed by atoms with Crippen LogP contribution in [-0.4, -0.2) is 88.8 Å². The number of hydrogen-bond acceptors (Lipinski definition) is 10. The summed E-state index contributed by atoms with van der Waals surface area (Å²) in [5.74, 6) is -2.22. The fraction of sp³-hybridized carbons (Fsp3) is 0.476. The maximum Gasteiger partial charge on any atom is 0.276 e. The lowest BCUT2D eigenvalue weighted by Crippen LogP contribution is -2.71. The number of thioether (sulfide) groups is 1. The Bertz CT molecular complexity index is 1090. The molecule has 3 aliphatic heterocycles. The fourth-order valence-electron chi connectivity index (χ4n) is 4.39. The molecule has 1 unspecified atom stereocenters. The lowest BCUT2D eigenvalue weighted by Gasteiger charge is -2.50. The first kappa shape index (κ1) is 24.2. The Morgan fingerprint density at radius 3 is 2.79 bits per heavy atom. The van der Waals surface area contributed by atoms with Crippen molar-refractivity contribution in [3.05, 3.63) is 34.5 Å². The SMILES string of the molecule is CO/N=C(\C(=O)NC1C(=O)N2C(C(=O)[O-])=C(C=CC[N+]3(C)CCCC3)CS[C@H]12)c1csc(N)n1. The molecule has 3 N–H and O–H groups in total. The number of quaternary nitrogens is 1. The van der Waals surface area contributed by atoms with E-state index in [4.69, 9.17) is 10.6 Å². The number of β-lactam (4-membered cyclic amide) rings is 1. The topological polar surface area (TPSA) is 150 Å². The molecule has 2 amide bonds. The van der Waals surface area contributed by atoms with Gasteiger partial charge in [0.25, 0.3) is 11.8 Å². The number of carboxylic acid groups (broad SMARTS) is 1. The minimum absolute atomic E-state index is 0.125. The van der Waals surface area contributed by atoms with Crippen LogP contribution < -0.4 is 16.2 Å². The molecule has 1 aromatic heterocycles. The summed E-state index contributed by atoms with van der Waals surface area (Å²) >= 11 is 2.52. The highest BCUT2D eigenvalue weighted by molar-refractivity contribution is 8.00. The molecule has 11 nitrogen and oxygen atoms in total. The van der Waals surface area contributed by atoms with E-state index < -0.39 is 29.2 Å². The number of nitrogens with two attached hydrogens (primary N) is 1. The van der Waals surface area contributed by atoms with E-state index in [-0.39, 0.29) is 22.2 Å². The standard InChI is InChI=1S/C21H26N6O5S2/c1-27(7-3-4-8-27)9-5-6-12-10-33-19-15(18(29)26(19)16(12)20(30)31)24-17(28)14(25-32-2)13-11-34-21(22)23-13/h5-6,11,15,19H,3-4,7-10H2,1-2H3,(H3-,22,23,24,28,30,31)/b6-5?,25-14-/t15?,19-/m1/s1. The second kappa shape index (κ2) is 9.76. The normalized spacial score (nSPS) is 24.2. The van der Waals surface area contributed by atoms with Gasteiger partial charge in [-0.2, -0.15) is 0 Å². The smallest absolute Gasteiger partial charge is 0.276 e. The zero-order chi connectivity index (χ0) is 24.5. The van der Waals surface area contributed by atoms with Crippen molar-refractivity contribution in [3.63, 3.8) is 0 Å². The number of anilines is 1. The van der Waals surface area contributed by atoms with E-state index in [2.05, 4.69) is 22.5 Å². The van der Waals surface area contributed by atoms with Crippen molar-refractivity contribution in [3.8, 4) is 0 Å². The van der Waals surface area contributed by atoms with Crippen LogP contribution in [0.15, 0.2) is 34.0 Å². The first-order valence-corrected chi connectivity index (χ1v) is 12.7. The number of carbonyl (C=O) groups excluding carboxylic acids is 3. The molecular formula is C21H26N6O5S2. The molecule has 2 saturated heterocycles. The number of allylic oxidation sites excluding steroid dienone is 1. The van der Waals surface area contributed by atoms with Gasteiger partial charge in [0.05, 0.1) is 38.3 Å². The Labute approximate surface area is 204 Å². The minimum Gasteiger partial charge on any atom is -0.543 e. The van der Waals surface area contributed by atoms with Gasteiger partial charge in [-0.05, 0) is 11.6 Å². The number of amides is 2. The molecule has 0 radical (unpaired) electrons. The van der Waals surface area contributed by atoms with Gasteiger partial charge in [-0.3, -0.25) is 14.5 Å². The molecule has 0 spiro atoms. The van der Waals surface area contributed by atoms with Crippen LogP contribution in [0.25, 0.3) is 0 Å². The van der Waals surface area contributed by atoms with Gasteiger partial charge < -0.3 is 30.3 Å². The van der Waals surface area contributed by atoms with Crippen molar-refractivity contribution in [2.45, 2.75) is 24.3 Å². The Balaban J connectivity index is 1.48. The Morgan fingerprint density at radius 2 is 2.18 bits per heavy atom. The summed E-state index contributed by atoms with van der Waals surface area (Å²) < 4.78 is 0.924. The van der Waals surface area contributed by atoms with Gasteiger partial charge in [0.1, 0.15) is 24.2 Å². The molecule has 0 aromatic carbocycles. The molecular weight excluding hydrogens is 480 g/mol. The van der Waals surface area contributed by atoms with Crippen molar-refractivity contribution in [1.29, 1.82) is 0 Å². The van der Waals surface area contributed by atoms with Gasteiger partial charge in [-0.25, -0.2) is 4.98 Å². The van der Waals surface area contributed by atoms with E-state index in [1.165, 1.54) is 36.6 Å². The van der Waals surface area contributed by atoms with Crippen LogP contribution in [-0.2, 0) is 19.2 Å². The van der Waals surface area contributed by atoms with E-state index in [0.717, 1.165) is 35.5 Å². The van der Waals surface area contributed by atoms with Crippen LogP contribution in [0.3, 0.4) is 0 Å². The maximum absolute atomic E-state index is 12.9. The first-order valence-electron chi connectivity index (χ1n) is 10.8. The summed E-state index contributed by atoms with van der Waals surface area (Å²) in [5, 5.41) is 19.5. The van der Waals surface area contributed by atoms with Crippen molar-refractivity contribution in [1.82, 2.24) is 15.2 Å². The van der Waals surface area contributed by atoms with E-state index >= 15 is 0 Å². The number of aromatic nitrogens is 1. The van der Waals surface area contributed by atoms with Gasteiger partial charge >= 0.3 is 0 Å². The molecule has 2 atom stereocenters. The van der Waals surface area contributed by atoms with Crippen LogP contribution >= 0.6 is 23.1 Å².